The van der Waals surface area contributed by atoms with Crippen molar-refractivity contribution in [2.24, 2.45) is 11.8 Å². The van der Waals surface area contributed by atoms with Gasteiger partial charge < -0.3 is 15.4 Å². The SMILES string of the molecule is CC[C@]1(C)CC(=O)N(C[C@@H]2C[C@H]2C(=O)N[C@H]2CC(C)(C)Oc3ccc(Cl)cc32)C(=N)N1. The third kappa shape index (κ3) is 4.52. The van der Waals surface area contributed by atoms with Crippen molar-refractivity contribution in [3.05, 3.63) is 28.8 Å². The van der Waals surface area contributed by atoms with Crippen molar-refractivity contribution in [2.75, 3.05) is 6.54 Å². The van der Waals surface area contributed by atoms with Crippen LogP contribution in [0.4, 0.5) is 0 Å². The van der Waals surface area contributed by atoms with E-state index in [1.165, 1.54) is 4.90 Å². The second-order valence-electron chi connectivity index (χ2n) is 9.98. The third-order valence-electron chi connectivity index (χ3n) is 6.74. The molecule has 8 heteroatoms. The zero-order valence-corrected chi connectivity index (χ0v) is 19.3. The number of halogens is 1. The molecular weight excluding hydrogens is 416 g/mol. The molecule has 2 amide bonds. The number of hydrogen-bond donors (Lipinski definition) is 3. The summed E-state index contributed by atoms with van der Waals surface area (Å²) in [5.74, 6) is 0.754. The van der Waals surface area contributed by atoms with Gasteiger partial charge in [0.15, 0.2) is 5.96 Å². The van der Waals surface area contributed by atoms with Gasteiger partial charge in [0.05, 0.1) is 12.5 Å². The summed E-state index contributed by atoms with van der Waals surface area (Å²) in [5.41, 5.74) is 0.137. The van der Waals surface area contributed by atoms with Crippen LogP contribution >= 0.6 is 11.6 Å². The number of rotatable bonds is 5. The van der Waals surface area contributed by atoms with Crippen LogP contribution in [0.15, 0.2) is 18.2 Å². The minimum absolute atomic E-state index is 0.0130. The van der Waals surface area contributed by atoms with Gasteiger partial charge in [0.25, 0.3) is 0 Å². The number of carbonyl (C=O) groups excluding carboxylic acids is 2. The van der Waals surface area contributed by atoms with E-state index in [4.69, 9.17) is 21.7 Å². The predicted octanol–water partition coefficient (Wildman–Crippen LogP) is 3.62. The summed E-state index contributed by atoms with van der Waals surface area (Å²) >= 11 is 6.18. The van der Waals surface area contributed by atoms with E-state index in [2.05, 4.69) is 10.6 Å². The molecule has 2 aliphatic heterocycles. The first-order valence-electron chi connectivity index (χ1n) is 11.0. The smallest absolute Gasteiger partial charge is 0.231 e. The molecule has 2 heterocycles. The normalized spacial score (nSPS) is 31.4. The molecule has 1 aromatic carbocycles. The highest BCUT2D eigenvalue weighted by molar-refractivity contribution is 6.30. The second-order valence-corrected chi connectivity index (χ2v) is 10.4. The van der Waals surface area contributed by atoms with Gasteiger partial charge in [0.1, 0.15) is 11.4 Å². The first kappa shape index (κ1) is 21.9. The predicted molar refractivity (Wildman–Crippen MR) is 119 cm³/mol. The van der Waals surface area contributed by atoms with E-state index in [-0.39, 0.29) is 41.2 Å². The molecule has 0 radical (unpaired) electrons. The Morgan fingerprint density at radius 2 is 2.13 bits per heavy atom. The van der Waals surface area contributed by atoms with Gasteiger partial charge in [-0.15, -0.1) is 0 Å². The molecule has 3 aliphatic rings. The number of amides is 2. The Morgan fingerprint density at radius 3 is 2.81 bits per heavy atom. The van der Waals surface area contributed by atoms with Crippen LogP contribution in [0.25, 0.3) is 0 Å². The fraction of sp³-hybridized carbons (Fsp3) is 0.609. The molecule has 4 rings (SSSR count). The molecule has 1 aliphatic carbocycles. The van der Waals surface area contributed by atoms with Gasteiger partial charge >= 0.3 is 0 Å². The van der Waals surface area contributed by atoms with Gasteiger partial charge in [-0.25, -0.2) is 0 Å². The quantitative estimate of drug-likeness (QED) is 0.643. The highest BCUT2D eigenvalue weighted by Crippen LogP contribution is 2.43. The average Bonchev–Trinajstić information content (AvgIpc) is 3.44. The fourth-order valence-corrected chi connectivity index (χ4v) is 4.78. The first-order valence-corrected chi connectivity index (χ1v) is 11.3. The lowest BCUT2D eigenvalue weighted by molar-refractivity contribution is -0.131. The van der Waals surface area contributed by atoms with Crippen molar-refractivity contribution in [1.82, 2.24) is 15.5 Å². The number of carbonyl (C=O) groups is 2. The monoisotopic (exact) mass is 446 g/mol. The minimum atomic E-state index is -0.394. The number of nitrogens with one attached hydrogen (secondary N) is 3. The Balaban J connectivity index is 1.39. The molecule has 0 unspecified atom stereocenters. The summed E-state index contributed by atoms with van der Waals surface area (Å²) in [6.07, 6.45) is 2.52. The third-order valence-corrected chi connectivity index (χ3v) is 6.97. The molecule has 1 saturated carbocycles. The van der Waals surface area contributed by atoms with Gasteiger partial charge in [-0.2, -0.15) is 0 Å². The number of fused-ring (bicyclic) bond motifs is 1. The Morgan fingerprint density at radius 1 is 1.39 bits per heavy atom. The summed E-state index contributed by atoms with van der Waals surface area (Å²) in [5, 5.41) is 15.2. The van der Waals surface area contributed by atoms with E-state index in [1.54, 1.807) is 6.07 Å². The lowest BCUT2D eigenvalue weighted by atomic mass is 9.89. The van der Waals surface area contributed by atoms with Crippen LogP contribution in [0.2, 0.25) is 5.02 Å². The summed E-state index contributed by atoms with van der Waals surface area (Å²) < 4.78 is 6.05. The van der Waals surface area contributed by atoms with Crippen LogP contribution in [-0.2, 0) is 9.59 Å². The first-order chi connectivity index (χ1) is 14.5. The lowest BCUT2D eigenvalue weighted by Crippen LogP contribution is -2.61. The van der Waals surface area contributed by atoms with Crippen molar-refractivity contribution < 1.29 is 14.3 Å². The summed E-state index contributed by atoms with van der Waals surface area (Å²) in [6, 6.07) is 5.32. The molecule has 168 valence electrons. The van der Waals surface area contributed by atoms with Crippen LogP contribution in [0.3, 0.4) is 0 Å². The van der Waals surface area contributed by atoms with E-state index >= 15 is 0 Å². The molecule has 0 spiro atoms. The van der Waals surface area contributed by atoms with Crippen molar-refractivity contribution >= 4 is 29.4 Å². The van der Waals surface area contributed by atoms with Crippen molar-refractivity contribution in [1.29, 1.82) is 5.41 Å². The standard InChI is InChI=1S/C23H31ClN4O3/c1-5-23(4)11-19(29)28(21(25)27-23)12-13-8-15(13)20(30)26-17-10-22(2,3)31-18-7-6-14(24)9-16(17)18/h6-7,9,13,15,17H,5,8,10-12H2,1-4H3,(H2,25,27)(H,26,30)/t13-,15+,17-,23+/m0/s1. The Kier molecular flexibility index (Phi) is 5.44. The van der Waals surface area contributed by atoms with E-state index in [1.807, 2.05) is 39.8 Å². The van der Waals surface area contributed by atoms with Gasteiger partial charge in [-0.3, -0.25) is 19.9 Å². The number of nitrogens with zero attached hydrogens (tertiary/aromatic N) is 1. The fourth-order valence-electron chi connectivity index (χ4n) is 4.60. The maximum Gasteiger partial charge on any atom is 0.231 e. The van der Waals surface area contributed by atoms with E-state index in [0.717, 1.165) is 24.2 Å². The molecule has 3 N–H and O–H groups in total. The van der Waals surface area contributed by atoms with Crippen LogP contribution in [-0.4, -0.2) is 40.4 Å². The average molecular weight is 447 g/mol. The molecule has 1 saturated heterocycles. The number of hydrogen-bond acceptors (Lipinski definition) is 4. The van der Waals surface area contributed by atoms with Crippen molar-refractivity contribution in [3.8, 4) is 5.75 Å². The minimum Gasteiger partial charge on any atom is -0.487 e. The van der Waals surface area contributed by atoms with Gasteiger partial charge in [0.2, 0.25) is 11.8 Å². The molecular formula is C23H31ClN4O3. The molecule has 0 aromatic heterocycles. The Hall–Kier alpha value is -2.28. The molecule has 31 heavy (non-hydrogen) atoms. The van der Waals surface area contributed by atoms with Gasteiger partial charge in [-0.1, -0.05) is 18.5 Å². The molecule has 0 bridgehead atoms. The van der Waals surface area contributed by atoms with E-state index in [0.29, 0.717) is 24.4 Å². The number of ether oxygens (including phenoxy) is 1. The summed E-state index contributed by atoms with van der Waals surface area (Å²) in [6.45, 7) is 8.39. The molecule has 1 aromatic rings. The van der Waals surface area contributed by atoms with Crippen LogP contribution in [0.5, 0.6) is 5.75 Å². The zero-order chi connectivity index (χ0) is 22.6. The topological polar surface area (TPSA) is 94.5 Å². The zero-order valence-electron chi connectivity index (χ0n) is 18.5. The van der Waals surface area contributed by atoms with Gasteiger partial charge in [-0.05, 0) is 57.7 Å². The summed E-state index contributed by atoms with van der Waals surface area (Å²) in [4.78, 5) is 27.1. The highest BCUT2D eigenvalue weighted by atomic mass is 35.5. The largest absolute Gasteiger partial charge is 0.487 e. The van der Waals surface area contributed by atoms with Crippen LogP contribution in [0.1, 0.15) is 65.0 Å². The lowest BCUT2D eigenvalue weighted by Gasteiger charge is -2.40. The van der Waals surface area contributed by atoms with Crippen LogP contribution < -0.4 is 15.4 Å². The van der Waals surface area contributed by atoms with Crippen molar-refractivity contribution in [2.45, 2.75) is 70.6 Å². The number of guanidine groups is 1. The van der Waals surface area contributed by atoms with Gasteiger partial charge in [0, 0.05) is 35.0 Å². The molecule has 2 fully saturated rings. The molecule has 7 nitrogen and oxygen atoms in total. The van der Waals surface area contributed by atoms with E-state index < -0.39 is 5.60 Å². The highest BCUT2D eigenvalue weighted by Gasteiger charge is 2.48. The second kappa shape index (κ2) is 7.69. The Bertz CT molecular complexity index is 913. The Labute approximate surface area is 188 Å². The molecule has 4 atom stereocenters. The van der Waals surface area contributed by atoms with Crippen molar-refractivity contribution in [3.63, 3.8) is 0 Å². The maximum absolute atomic E-state index is 13.0. The van der Waals surface area contributed by atoms with E-state index in [9.17, 15) is 9.59 Å². The van der Waals surface area contributed by atoms with Crippen LogP contribution in [0, 0.1) is 17.2 Å². The number of benzene rings is 1. The maximum atomic E-state index is 13.0. The summed E-state index contributed by atoms with van der Waals surface area (Å²) in [7, 11) is 0.